The van der Waals surface area contributed by atoms with Crippen molar-refractivity contribution >= 4 is 5.97 Å². The number of alkyl halides is 2. The summed E-state index contributed by atoms with van der Waals surface area (Å²) in [5, 5.41) is 3.56. The molecule has 0 bridgehead atoms. The molecule has 0 spiro atoms. The molecule has 0 radical (unpaired) electrons. The Kier molecular flexibility index (Phi) is 5.47. The summed E-state index contributed by atoms with van der Waals surface area (Å²) in [6.45, 7) is -0.547. The zero-order valence-electron chi connectivity index (χ0n) is 9.19. The highest BCUT2D eigenvalue weighted by atomic mass is 19.3. The lowest BCUT2D eigenvalue weighted by Crippen LogP contribution is -2.08. The number of halogens is 2. The van der Waals surface area contributed by atoms with E-state index in [4.69, 9.17) is 4.52 Å². The number of esters is 1. The van der Waals surface area contributed by atoms with Crippen LogP contribution in [0.3, 0.4) is 0 Å². The highest BCUT2D eigenvalue weighted by Gasteiger charge is 2.11. The van der Waals surface area contributed by atoms with Crippen molar-refractivity contribution in [2.45, 2.75) is 19.3 Å². The van der Waals surface area contributed by atoms with E-state index in [2.05, 4.69) is 19.6 Å². The van der Waals surface area contributed by atoms with Crippen molar-refractivity contribution in [1.82, 2.24) is 10.1 Å². The van der Waals surface area contributed by atoms with Gasteiger partial charge in [0.15, 0.2) is 5.82 Å². The average Bonchev–Trinajstić information content (AvgIpc) is 2.72. The predicted octanol–water partition coefficient (Wildman–Crippen LogP) is 0.609. The van der Waals surface area contributed by atoms with Crippen molar-refractivity contribution in [2.75, 3.05) is 20.3 Å². The van der Waals surface area contributed by atoms with E-state index in [1.54, 1.807) is 0 Å². The second-order valence-electron chi connectivity index (χ2n) is 3.07. The SMILES string of the molecule is COC(=O)Cc1nc(CCOCC(F)F)no1. The summed E-state index contributed by atoms with van der Waals surface area (Å²) >= 11 is 0. The summed E-state index contributed by atoms with van der Waals surface area (Å²) in [4.78, 5) is 14.7. The van der Waals surface area contributed by atoms with Crippen LogP contribution < -0.4 is 0 Å². The van der Waals surface area contributed by atoms with Gasteiger partial charge in [-0.05, 0) is 0 Å². The predicted molar refractivity (Wildman–Crippen MR) is 50.5 cm³/mol. The first-order valence-corrected chi connectivity index (χ1v) is 4.86. The molecule has 17 heavy (non-hydrogen) atoms. The van der Waals surface area contributed by atoms with Gasteiger partial charge in [-0.2, -0.15) is 4.98 Å². The molecule has 1 rings (SSSR count). The third-order valence-corrected chi connectivity index (χ3v) is 1.75. The van der Waals surface area contributed by atoms with Crippen LogP contribution in [0.1, 0.15) is 11.7 Å². The molecule has 1 aromatic heterocycles. The summed E-state index contributed by atoms with van der Waals surface area (Å²) in [6.07, 6.45) is -2.35. The van der Waals surface area contributed by atoms with Crippen LogP contribution in [0.4, 0.5) is 8.78 Å². The number of ether oxygens (including phenoxy) is 2. The molecule has 0 aliphatic rings. The van der Waals surface area contributed by atoms with Crippen LogP contribution in [0.25, 0.3) is 0 Å². The van der Waals surface area contributed by atoms with Crippen LogP contribution in [0.15, 0.2) is 4.52 Å². The first-order valence-electron chi connectivity index (χ1n) is 4.86. The first-order chi connectivity index (χ1) is 8.11. The third kappa shape index (κ3) is 5.34. The zero-order chi connectivity index (χ0) is 12.7. The number of nitrogens with zero attached hydrogens (tertiary/aromatic N) is 2. The van der Waals surface area contributed by atoms with Gasteiger partial charge >= 0.3 is 5.97 Å². The lowest BCUT2D eigenvalue weighted by atomic mass is 10.4. The maximum atomic E-state index is 11.7. The quantitative estimate of drug-likeness (QED) is 0.521. The fraction of sp³-hybridized carbons (Fsp3) is 0.667. The van der Waals surface area contributed by atoms with Crippen molar-refractivity contribution < 1.29 is 27.6 Å². The number of rotatable bonds is 7. The minimum Gasteiger partial charge on any atom is -0.469 e. The zero-order valence-corrected chi connectivity index (χ0v) is 9.19. The lowest BCUT2D eigenvalue weighted by Gasteiger charge is -1.99. The molecule has 0 saturated carbocycles. The molecule has 0 aliphatic carbocycles. The van der Waals surface area contributed by atoms with Crippen molar-refractivity contribution in [1.29, 1.82) is 0 Å². The van der Waals surface area contributed by atoms with E-state index in [0.717, 1.165) is 0 Å². The van der Waals surface area contributed by atoms with E-state index in [-0.39, 0.29) is 25.3 Å². The number of carbonyl (C=O) groups is 1. The van der Waals surface area contributed by atoms with Gasteiger partial charge in [-0.3, -0.25) is 4.79 Å². The number of hydrogen-bond acceptors (Lipinski definition) is 6. The van der Waals surface area contributed by atoms with Crippen molar-refractivity contribution in [3.8, 4) is 0 Å². The third-order valence-electron chi connectivity index (χ3n) is 1.75. The van der Waals surface area contributed by atoms with Crippen LogP contribution in [0.2, 0.25) is 0 Å². The molecular formula is C9H12F2N2O4. The van der Waals surface area contributed by atoms with Gasteiger partial charge < -0.3 is 14.0 Å². The monoisotopic (exact) mass is 250 g/mol. The van der Waals surface area contributed by atoms with Crippen molar-refractivity contribution in [3.05, 3.63) is 11.7 Å². The minimum absolute atomic E-state index is 0.0710. The summed E-state index contributed by atoms with van der Waals surface area (Å²) in [6, 6.07) is 0. The van der Waals surface area contributed by atoms with Crippen LogP contribution in [-0.4, -0.2) is 42.9 Å². The Hall–Kier alpha value is -1.57. The Morgan fingerprint density at radius 1 is 1.53 bits per heavy atom. The summed E-state index contributed by atoms with van der Waals surface area (Å²) < 4.78 is 37.3. The minimum atomic E-state index is -2.49. The van der Waals surface area contributed by atoms with E-state index in [9.17, 15) is 13.6 Å². The molecule has 0 N–H and O–H groups in total. The Morgan fingerprint density at radius 2 is 2.29 bits per heavy atom. The molecule has 0 saturated heterocycles. The Bertz CT molecular complexity index is 357. The van der Waals surface area contributed by atoms with Crippen molar-refractivity contribution in [3.63, 3.8) is 0 Å². The number of carbonyl (C=O) groups excluding carboxylic acids is 1. The number of aromatic nitrogens is 2. The topological polar surface area (TPSA) is 74.5 Å². The first kappa shape index (κ1) is 13.5. The molecule has 6 nitrogen and oxygen atoms in total. The lowest BCUT2D eigenvalue weighted by molar-refractivity contribution is -0.140. The standard InChI is InChI=1S/C9H12F2N2O4/c1-15-9(14)4-8-12-7(13-17-8)2-3-16-5-6(10)11/h6H,2-5H2,1H3. The van der Waals surface area contributed by atoms with E-state index < -0.39 is 19.0 Å². The van der Waals surface area contributed by atoms with Gasteiger partial charge in [-0.25, -0.2) is 8.78 Å². The maximum Gasteiger partial charge on any atom is 0.315 e. The summed E-state index contributed by atoms with van der Waals surface area (Å²) in [7, 11) is 1.25. The van der Waals surface area contributed by atoms with Gasteiger partial charge in [0.25, 0.3) is 6.43 Å². The van der Waals surface area contributed by atoms with E-state index in [1.165, 1.54) is 7.11 Å². The fourth-order valence-corrected chi connectivity index (χ4v) is 0.995. The van der Waals surface area contributed by atoms with Gasteiger partial charge in [-0.15, -0.1) is 0 Å². The van der Waals surface area contributed by atoms with E-state index >= 15 is 0 Å². The van der Waals surface area contributed by atoms with Crippen LogP contribution in [0.5, 0.6) is 0 Å². The van der Waals surface area contributed by atoms with Crippen LogP contribution in [-0.2, 0) is 27.1 Å². The van der Waals surface area contributed by atoms with Gasteiger partial charge in [0.2, 0.25) is 5.89 Å². The van der Waals surface area contributed by atoms with Crippen molar-refractivity contribution in [2.24, 2.45) is 0 Å². The largest absolute Gasteiger partial charge is 0.469 e. The highest BCUT2D eigenvalue weighted by Crippen LogP contribution is 2.01. The summed E-state index contributed by atoms with van der Waals surface area (Å²) in [5.41, 5.74) is 0. The smallest absolute Gasteiger partial charge is 0.315 e. The number of methoxy groups -OCH3 is 1. The molecule has 8 heteroatoms. The molecule has 96 valence electrons. The molecule has 0 aliphatic heterocycles. The highest BCUT2D eigenvalue weighted by molar-refractivity contribution is 5.70. The molecular weight excluding hydrogens is 238 g/mol. The Morgan fingerprint density at radius 3 is 2.94 bits per heavy atom. The molecule has 0 unspecified atom stereocenters. The molecule has 0 atom stereocenters. The van der Waals surface area contributed by atoms with Crippen LogP contribution in [0, 0.1) is 0 Å². The second kappa shape index (κ2) is 6.89. The fourth-order valence-electron chi connectivity index (χ4n) is 0.995. The van der Waals surface area contributed by atoms with Crippen LogP contribution >= 0.6 is 0 Å². The number of hydrogen-bond donors (Lipinski definition) is 0. The normalized spacial score (nSPS) is 10.8. The van der Waals surface area contributed by atoms with Gasteiger partial charge in [0.1, 0.15) is 13.0 Å². The average molecular weight is 250 g/mol. The van der Waals surface area contributed by atoms with Gasteiger partial charge in [0.05, 0.1) is 13.7 Å². The second-order valence-corrected chi connectivity index (χ2v) is 3.07. The summed E-state index contributed by atoms with van der Waals surface area (Å²) in [5.74, 6) is -0.0620. The molecule has 0 aromatic carbocycles. The molecule has 1 heterocycles. The molecule has 1 aromatic rings. The van der Waals surface area contributed by atoms with E-state index in [1.807, 2.05) is 0 Å². The van der Waals surface area contributed by atoms with E-state index in [0.29, 0.717) is 5.82 Å². The Balaban J connectivity index is 2.28. The molecule has 0 amide bonds. The molecule has 0 fully saturated rings. The maximum absolute atomic E-state index is 11.7. The van der Waals surface area contributed by atoms with Gasteiger partial charge in [-0.1, -0.05) is 5.16 Å². The van der Waals surface area contributed by atoms with Gasteiger partial charge in [0, 0.05) is 6.42 Å². The Labute approximate surface area is 95.9 Å².